The highest BCUT2D eigenvalue weighted by Gasteiger charge is 2.15. The first-order chi connectivity index (χ1) is 9.69. The summed E-state index contributed by atoms with van der Waals surface area (Å²) < 4.78 is 27.1. The zero-order chi connectivity index (χ0) is 16.0. The van der Waals surface area contributed by atoms with Crippen molar-refractivity contribution in [3.63, 3.8) is 0 Å². The molecular weight excluding hydrogens is 296 g/mol. The SMILES string of the molecule is Cc1ccc(OCCC(C)CCS(N)(=O)=O)c([N+](=O)[O-])c1. The van der Waals surface area contributed by atoms with Crippen LogP contribution >= 0.6 is 0 Å². The fraction of sp³-hybridized carbons (Fsp3) is 0.538. The molecule has 1 aromatic rings. The number of nitrogens with two attached hydrogens (primary N) is 1. The molecular formula is C13H20N2O5S. The van der Waals surface area contributed by atoms with Crippen LogP contribution < -0.4 is 9.88 Å². The molecule has 7 nitrogen and oxygen atoms in total. The third-order valence-electron chi connectivity index (χ3n) is 3.07. The highest BCUT2D eigenvalue weighted by Crippen LogP contribution is 2.28. The van der Waals surface area contributed by atoms with Crippen molar-refractivity contribution < 1.29 is 18.1 Å². The van der Waals surface area contributed by atoms with Crippen LogP contribution in [-0.4, -0.2) is 25.7 Å². The van der Waals surface area contributed by atoms with Gasteiger partial charge in [0.2, 0.25) is 10.0 Å². The van der Waals surface area contributed by atoms with E-state index in [-0.39, 0.29) is 29.7 Å². The van der Waals surface area contributed by atoms with Crippen LogP contribution in [0.2, 0.25) is 0 Å². The molecule has 0 aliphatic carbocycles. The molecule has 0 heterocycles. The summed E-state index contributed by atoms with van der Waals surface area (Å²) in [5, 5.41) is 15.9. The minimum Gasteiger partial charge on any atom is -0.487 e. The molecule has 0 spiro atoms. The Morgan fingerprint density at radius 3 is 2.62 bits per heavy atom. The van der Waals surface area contributed by atoms with Crippen molar-refractivity contribution in [1.82, 2.24) is 0 Å². The second-order valence-corrected chi connectivity index (χ2v) is 6.86. The van der Waals surface area contributed by atoms with Gasteiger partial charge in [0.05, 0.1) is 17.3 Å². The molecule has 2 N–H and O–H groups in total. The molecule has 1 aromatic carbocycles. The van der Waals surface area contributed by atoms with E-state index in [0.717, 1.165) is 5.56 Å². The van der Waals surface area contributed by atoms with Crippen LogP contribution in [0.1, 0.15) is 25.3 Å². The zero-order valence-electron chi connectivity index (χ0n) is 12.1. The molecule has 0 saturated heterocycles. The third-order valence-corrected chi connectivity index (χ3v) is 3.88. The summed E-state index contributed by atoms with van der Waals surface area (Å²) in [4.78, 5) is 10.4. The quantitative estimate of drug-likeness (QED) is 0.582. The fourth-order valence-corrected chi connectivity index (χ4v) is 2.50. The Morgan fingerprint density at radius 2 is 2.05 bits per heavy atom. The van der Waals surface area contributed by atoms with E-state index in [9.17, 15) is 18.5 Å². The van der Waals surface area contributed by atoms with Gasteiger partial charge in [-0.25, -0.2) is 13.6 Å². The van der Waals surface area contributed by atoms with Gasteiger partial charge in [0, 0.05) is 6.07 Å². The third kappa shape index (κ3) is 6.54. The molecule has 0 aliphatic rings. The van der Waals surface area contributed by atoms with Gasteiger partial charge in [-0.1, -0.05) is 13.0 Å². The number of primary sulfonamides is 1. The van der Waals surface area contributed by atoms with Crippen molar-refractivity contribution in [3.8, 4) is 5.75 Å². The second kappa shape index (κ2) is 7.37. The summed E-state index contributed by atoms with van der Waals surface area (Å²) in [5.41, 5.74) is 0.725. The summed E-state index contributed by atoms with van der Waals surface area (Å²) in [6.45, 7) is 3.94. The minimum absolute atomic E-state index is 0.0628. The number of hydrogen-bond acceptors (Lipinski definition) is 5. The first kappa shape index (κ1) is 17.4. The molecule has 0 fully saturated rings. The number of rotatable bonds is 8. The molecule has 21 heavy (non-hydrogen) atoms. The minimum atomic E-state index is -3.45. The van der Waals surface area contributed by atoms with Crippen molar-refractivity contribution in [2.45, 2.75) is 26.7 Å². The monoisotopic (exact) mass is 316 g/mol. The van der Waals surface area contributed by atoms with E-state index in [1.807, 2.05) is 6.92 Å². The predicted molar refractivity (Wildman–Crippen MR) is 79.7 cm³/mol. The average molecular weight is 316 g/mol. The van der Waals surface area contributed by atoms with Gasteiger partial charge in [0.1, 0.15) is 0 Å². The number of nitro benzene ring substituents is 1. The summed E-state index contributed by atoms with van der Waals surface area (Å²) in [6.07, 6.45) is 1.04. The van der Waals surface area contributed by atoms with Gasteiger partial charge in [-0.2, -0.15) is 0 Å². The maximum Gasteiger partial charge on any atom is 0.311 e. The predicted octanol–water partition coefficient (Wildman–Crippen LogP) is 1.99. The number of ether oxygens (including phenoxy) is 1. The Labute approximate surface area is 124 Å². The number of sulfonamides is 1. The standard InChI is InChI=1S/C13H20N2O5S/c1-10(6-8-21(14,18)19)5-7-20-13-4-3-11(2)9-12(13)15(16)17/h3-4,9-10H,5-8H2,1-2H3,(H2,14,18,19). The molecule has 0 amide bonds. The highest BCUT2D eigenvalue weighted by molar-refractivity contribution is 7.89. The number of aryl methyl sites for hydroxylation is 1. The van der Waals surface area contributed by atoms with Crippen LogP contribution in [0.3, 0.4) is 0 Å². The fourth-order valence-electron chi connectivity index (χ4n) is 1.77. The lowest BCUT2D eigenvalue weighted by atomic mass is 10.1. The van der Waals surface area contributed by atoms with Crippen molar-refractivity contribution >= 4 is 15.7 Å². The van der Waals surface area contributed by atoms with Crippen molar-refractivity contribution in [2.75, 3.05) is 12.4 Å². The molecule has 118 valence electrons. The highest BCUT2D eigenvalue weighted by atomic mass is 32.2. The van der Waals surface area contributed by atoms with Gasteiger partial charge in [0.15, 0.2) is 5.75 Å². The smallest absolute Gasteiger partial charge is 0.311 e. The first-order valence-electron chi connectivity index (χ1n) is 6.57. The summed E-state index contributed by atoms with van der Waals surface area (Å²) in [6, 6.07) is 4.77. The Bertz CT molecular complexity index is 601. The number of nitrogens with zero attached hydrogens (tertiary/aromatic N) is 1. The maximum atomic E-state index is 10.9. The van der Waals surface area contributed by atoms with Crippen LogP contribution in [0, 0.1) is 23.0 Å². The number of hydrogen-bond donors (Lipinski definition) is 1. The van der Waals surface area contributed by atoms with E-state index in [1.54, 1.807) is 19.1 Å². The molecule has 0 saturated carbocycles. The maximum absolute atomic E-state index is 10.9. The summed E-state index contributed by atoms with van der Waals surface area (Å²) in [5.74, 6) is 0.260. The molecule has 0 aliphatic heterocycles. The lowest BCUT2D eigenvalue weighted by molar-refractivity contribution is -0.385. The number of nitro groups is 1. The normalized spacial score (nSPS) is 12.9. The molecule has 0 aromatic heterocycles. The van der Waals surface area contributed by atoms with E-state index >= 15 is 0 Å². The van der Waals surface area contributed by atoms with Crippen LogP contribution in [0.5, 0.6) is 5.75 Å². The molecule has 0 radical (unpaired) electrons. The van der Waals surface area contributed by atoms with Crippen LogP contribution in [0.4, 0.5) is 5.69 Å². The van der Waals surface area contributed by atoms with Gasteiger partial charge in [0.25, 0.3) is 0 Å². The van der Waals surface area contributed by atoms with Crippen LogP contribution in [-0.2, 0) is 10.0 Å². The van der Waals surface area contributed by atoms with E-state index < -0.39 is 14.9 Å². The largest absolute Gasteiger partial charge is 0.487 e. The van der Waals surface area contributed by atoms with Crippen LogP contribution in [0.25, 0.3) is 0 Å². The van der Waals surface area contributed by atoms with Gasteiger partial charge in [-0.15, -0.1) is 0 Å². The Balaban J connectivity index is 2.51. The van der Waals surface area contributed by atoms with Gasteiger partial charge in [-0.05, 0) is 37.3 Å². The van der Waals surface area contributed by atoms with Crippen molar-refractivity contribution in [3.05, 3.63) is 33.9 Å². The number of benzene rings is 1. The second-order valence-electron chi connectivity index (χ2n) is 5.13. The molecule has 8 heteroatoms. The van der Waals surface area contributed by atoms with Gasteiger partial charge < -0.3 is 4.74 Å². The van der Waals surface area contributed by atoms with E-state index in [1.165, 1.54) is 6.07 Å². The molecule has 1 atom stereocenters. The Hall–Kier alpha value is -1.67. The summed E-state index contributed by atoms with van der Waals surface area (Å²) >= 11 is 0. The van der Waals surface area contributed by atoms with Crippen molar-refractivity contribution in [1.29, 1.82) is 0 Å². The van der Waals surface area contributed by atoms with E-state index in [0.29, 0.717) is 12.8 Å². The Kier molecular flexibility index (Phi) is 6.10. The zero-order valence-corrected chi connectivity index (χ0v) is 12.9. The van der Waals surface area contributed by atoms with Crippen molar-refractivity contribution in [2.24, 2.45) is 11.1 Å². The van der Waals surface area contributed by atoms with Crippen LogP contribution in [0.15, 0.2) is 18.2 Å². The van der Waals surface area contributed by atoms with Gasteiger partial charge in [-0.3, -0.25) is 10.1 Å². The molecule has 1 rings (SSSR count). The first-order valence-corrected chi connectivity index (χ1v) is 8.29. The van der Waals surface area contributed by atoms with E-state index in [2.05, 4.69) is 0 Å². The van der Waals surface area contributed by atoms with Gasteiger partial charge >= 0.3 is 5.69 Å². The average Bonchev–Trinajstić information content (AvgIpc) is 2.37. The lowest BCUT2D eigenvalue weighted by Crippen LogP contribution is -2.18. The molecule has 1 unspecified atom stereocenters. The lowest BCUT2D eigenvalue weighted by Gasteiger charge is -2.12. The topological polar surface area (TPSA) is 113 Å². The molecule has 0 bridgehead atoms. The van der Waals surface area contributed by atoms with E-state index in [4.69, 9.17) is 9.88 Å². The summed E-state index contributed by atoms with van der Waals surface area (Å²) in [7, 11) is -3.45. The Morgan fingerprint density at radius 1 is 1.38 bits per heavy atom.